The Bertz CT molecular complexity index is 2100. The van der Waals surface area contributed by atoms with Crippen molar-refractivity contribution in [2.24, 2.45) is 0 Å². The third-order valence-electron chi connectivity index (χ3n) is 10.9. The average Bonchev–Trinajstić information content (AvgIpc) is 3.49. The third-order valence-corrected chi connectivity index (χ3v) is 14.6. The first-order valence-electron chi connectivity index (χ1n) is 20.1. The molecule has 3 heterocycles. The fraction of sp³-hybridized carbons (Fsp3) is 0.500. The minimum atomic E-state index is -2.01. The van der Waals surface area contributed by atoms with E-state index >= 15 is 0 Å². The summed E-state index contributed by atoms with van der Waals surface area (Å²) in [5, 5.41) is 4.63. The molecule has 2 aliphatic heterocycles. The Kier molecular flexibility index (Phi) is 10.8. The second kappa shape index (κ2) is 14.7. The lowest BCUT2D eigenvalue weighted by Crippen LogP contribution is -2.40. The molecule has 0 N–H and O–H groups in total. The van der Waals surface area contributed by atoms with Crippen molar-refractivity contribution in [1.29, 1.82) is 0 Å². The van der Waals surface area contributed by atoms with Gasteiger partial charge in [-0.15, -0.1) is 0 Å². The second-order valence-electron chi connectivity index (χ2n) is 20.2. The highest BCUT2D eigenvalue weighted by Crippen LogP contribution is 2.49. The highest BCUT2D eigenvalue weighted by atomic mass is 31.1. The molecule has 0 amide bonds. The molecule has 1 aromatic heterocycles. The van der Waals surface area contributed by atoms with E-state index < -0.39 is 40.4 Å². The maximum Gasteiger partial charge on any atom is 0.387 e. The highest BCUT2D eigenvalue weighted by molar-refractivity contribution is 7.73. The van der Waals surface area contributed by atoms with Crippen LogP contribution in [0, 0.1) is 0 Å². The molecule has 7 rings (SSSR count). The molecule has 0 spiro atoms. The Balaban J connectivity index is 1.48. The second-order valence-corrected chi connectivity index (χ2v) is 23.5. The van der Waals surface area contributed by atoms with Gasteiger partial charge >= 0.3 is 8.24 Å². The molecule has 6 nitrogen and oxygen atoms in total. The SMILES string of the molecule is CC1(C)O[C@H]2O[C@H](CP(c3ccccc3)c3ccccc3)[C@H](Op3oc4c(C(C)(C)C)cc(C(C)(C)C)cc4c4cc(C(C)(C)C)cc(C(C)(C)C)c4o3)[C@H]2O1. The number of fused-ring (bicyclic) bond motifs is 4. The summed E-state index contributed by atoms with van der Waals surface area (Å²) in [6.45, 7) is 31.1. The zero-order valence-electron chi connectivity index (χ0n) is 35.9. The van der Waals surface area contributed by atoms with Gasteiger partial charge in [0.25, 0.3) is 0 Å². The zero-order chi connectivity index (χ0) is 40.6. The van der Waals surface area contributed by atoms with Crippen LogP contribution in [0.1, 0.15) is 119 Å². The number of hydrogen-bond donors (Lipinski definition) is 0. The number of benzene rings is 4. The van der Waals surface area contributed by atoms with E-state index in [0.29, 0.717) is 0 Å². The predicted octanol–water partition coefficient (Wildman–Crippen LogP) is 12.3. The Morgan fingerprint density at radius 3 is 1.46 bits per heavy atom. The van der Waals surface area contributed by atoms with Gasteiger partial charge in [-0.2, -0.15) is 0 Å². The fourth-order valence-electron chi connectivity index (χ4n) is 7.72. The van der Waals surface area contributed by atoms with E-state index in [1.807, 2.05) is 13.8 Å². The van der Waals surface area contributed by atoms with Crippen molar-refractivity contribution in [1.82, 2.24) is 0 Å². The van der Waals surface area contributed by atoms with Crippen LogP contribution in [0.4, 0.5) is 0 Å². The van der Waals surface area contributed by atoms with Crippen molar-refractivity contribution in [3.8, 4) is 0 Å². The lowest BCUT2D eigenvalue weighted by atomic mass is 9.77. The third kappa shape index (κ3) is 8.45. The molecule has 0 bridgehead atoms. The molecule has 2 saturated heterocycles. The molecule has 2 aliphatic rings. The van der Waals surface area contributed by atoms with Gasteiger partial charge in [0.1, 0.15) is 23.4 Å². The van der Waals surface area contributed by atoms with Crippen LogP contribution in [0.25, 0.3) is 21.9 Å². The smallest absolute Gasteiger partial charge is 0.387 e. The fourth-order valence-corrected chi connectivity index (χ4v) is 11.4. The molecule has 4 aromatic carbocycles. The van der Waals surface area contributed by atoms with Crippen molar-refractivity contribution >= 4 is 48.7 Å². The molecule has 0 aliphatic carbocycles. The number of rotatable bonds is 6. The summed E-state index contributed by atoms with van der Waals surface area (Å²) in [6.07, 6.45) is -1.20. The highest BCUT2D eigenvalue weighted by Gasteiger charge is 2.56. The lowest BCUT2D eigenvalue weighted by Gasteiger charge is -2.28. The number of ether oxygens (including phenoxy) is 3. The first-order valence-corrected chi connectivity index (χ1v) is 22.7. The summed E-state index contributed by atoms with van der Waals surface area (Å²) in [5.74, 6) is -0.825. The maximum absolute atomic E-state index is 7.27. The monoisotopic (exact) mass is 796 g/mol. The molecule has 0 unspecified atom stereocenters. The van der Waals surface area contributed by atoms with Gasteiger partial charge in [0, 0.05) is 28.1 Å². The minimum absolute atomic E-state index is 0.0933. The summed E-state index contributed by atoms with van der Waals surface area (Å²) in [4.78, 5) is 0. The van der Waals surface area contributed by atoms with Gasteiger partial charge in [-0.1, -0.05) is 156 Å². The summed E-state index contributed by atoms with van der Waals surface area (Å²) < 4.78 is 41.5. The summed E-state index contributed by atoms with van der Waals surface area (Å²) in [5.41, 5.74) is 5.73. The van der Waals surface area contributed by atoms with Crippen LogP contribution in [0.3, 0.4) is 0 Å². The van der Waals surface area contributed by atoms with Crippen molar-refractivity contribution in [3.63, 3.8) is 0 Å². The molecular weight excluding hydrogens is 734 g/mol. The number of hydrogen-bond acceptors (Lipinski definition) is 6. The summed E-state index contributed by atoms with van der Waals surface area (Å²) >= 11 is 0. The van der Waals surface area contributed by atoms with Crippen LogP contribution < -0.4 is 15.1 Å². The Morgan fingerprint density at radius 1 is 0.607 bits per heavy atom. The van der Waals surface area contributed by atoms with Crippen LogP contribution in [0.5, 0.6) is 0 Å². The average molecular weight is 797 g/mol. The Hall–Kier alpha value is -2.95. The largest absolute Gasteiger partial charge is 0.399 e. The van der Waals surface area contributed by atoms with Gasteiger partial charge in [-0.25, -0.2) is 0 Å². The van der Waals surface area contributed by atoms with Crippen LogP contribution in [-0.2, 0) is 35.9 Å². The summed E-state index contributed by atoms with van der Waals surface area (Å²) in [7, 11) is -2.81. The van der Waals surface area contributed by atoms with E-state index in [9.17, 15) is 0 Å². The van der Waals surface area contributed by atoms with Crippen LogP contribution in [0.15, 0.2) is 93.3 Å². The van der Waals surface area contributed by atoms with Gasteiger partial charge in [0.05, 0.1) is 6.10 Å². The van der Waals surface area contributed by atoms with Crippen LogP contribution in [0.2, 0.25) is 0 Å². The van der Waals surface area contributed by atoms with E-state index in [-0.39, 0.29) is 27.8 Å². The van der Waals surface area contributed by atoms with Crippen LogP contribution in [-0.4, -0.2) is 36.6 Å². The molecule has 8 heteroatoms. The van der Waals surface area contributed by atoms with Gasteiger partial charge in [-0.3, -0.25) is 4.52 Å². The first-order chi connectivity index (χ1) is 26.0. The quantitative estimate of drug-likeness (QED) is 0.160. The van der Waals surface area contributed by atoms with E-state index in [2.05, 4.69) is 168 Å². The van der Waals surface area contributed by atoms with E-state index in [1.54, 1.807) is 0 Å². The van der Waals surface area contributed by atoms with Gasteiger partial charge in [0.2, 0.25) is 0 Å². The van der Waals surface area contributed by atoms with Crippen LogP contribution >= 0.6 is 16.2 Å². The molecule has 5 aromatic rings. The van der Waals surface area contributed by atoms with Crippen molar-refractivity contribution in [2.75, 3.05) is 6.16 Å². The van der Waals surface area contributed by atoms with Crippen molar-refractivity contribution in [3.05, 3.63) is 107 Å². The molecule has 0 saturated carbocycles. The Morgan fingerprint density at radius 2 is 1.05 bits per heavy atom. The van der Waals surface area contributed by atoms with Gasteiger partial charge < -0.3 is 22.6 Å². The van der Waals surface area contributed by atoms with Gasteiger partial charge in [0.15, 0.2) is 12.1 Å². The Labute approximate surface area is 337 Å². The first kappa shape index (κ1) is 41.2. The van der Waals surface area contributed by atoms with Crippen molar-refractivity contribution < 1.29 is 27.1 Å². The van der Waals surface area contributed by atoms with E-state index in [1.165, 1.54) is 21.7 Å². The molecule has 2 fully saturated rings. The minimum Gasteiger partial charge on any atom is -0.399 e. The topological polar surface area (TPSA) is 63.2 Å². The maximum atomic E-state index is 7.27. The molecule has 56 heavy (non-hydrogen) atoms. The molecule has 4 atom stereocenters. The molecular formula is C48H62O6P2. The summed E-state index contributed by atoms with van der Waals surface area (Å²) in [6, 6.07) is 30.8. The molecule has 300 valence electrons. The van der Waals surface area contributed by atoms with Crippen molar-refractivity contribution in [2.45, 2.75) is 149 Å². The molecule has 0 radical (unpaired) electrons. The zero-order valence-corrected chi connectivity index (χ0v) is 37.7. The van der Waals surface area contributed by atoms with Gasteiger partial charge in [-0.05, 0) is 77.3 Å². The van der Waals surface area contributed by atoms with E-state index in [0.717, 1.165) is 39.2 Å². The standard InChI is InChI=1S/C48H62O6P2/c1-44(2,3)30-25-34-35-26-31(45(4,5)6)28-37(47(10,11)12)40(35)53-56(52-39(34)36(27-30)46(7,8)9)54-41-38(49-43-42(41)50-48(13,14)51-43)29-55(32-21-17-15-18-22-32)33-23-19-16-20-24-33/h15-28,38,41-43H,29H2,1-14H3/t38-,41+,42-,43-/m1/s1. The predicted molar refractivity (Wildman–Crippen MR) is 234 cm³/mol. The normalized spacial score (nSPS) is 21.6. The van der Waals surface area contributed by atoms with E-state index in [4.69, 9.17) is 27.1 Å². The lowest BCUT2D eigenvalue weighted by molar-refractivity contribution is -0.209.